The standard InChI is InChI=1S/C19H28N4O2/c1-3-4-11-20-19(22-14-16-7-5-15(2)6-8-16)21-12-13-23-17(24)9-10-18(23)25/h5-8H,3-4,9-14H2,1-2H3,(H2,20,21,22). The fourth-order valence-electron chi connectivity index (χ4n) is 2.58. The van der Waals surface area contributed by atoms with Crippen molar-refractivity contribution in [3.8, 4) is 0 Å². The van der Waals surface area contributed by atoms with Crippen LogP contribution in [-0.4, -0.2) is 42.3 Å². The van der Waals surface area contributed by atoms with Crippen molar-refractivity contribution in [2.75, 3.05) is 19.6 Å². The van der Waals surface area contributed by atoms with Crippen LogP contribution in [0, 0.1) is 6.92 Å². The molecule has 2 N–H and O–H groups in total. The second kappa shape index (κ2) is 9.81. The van der Waals surface area contributed by atoms with Crippen molar-refractivity contribution in [3.05, 3.63) is 35.4 Å². The van der Waals surface area contributed by atoms with E-state index in [9.17, 15) is 9.59 Å². The molecule has 0 aliphatic carbocycles. The number of guanidine groups is 1. The van der Waals surface area contributed by atoms with E-state index in [0.29, 0.717) is 38.4 Å². The smallest absolute Gasteiger partial charge is 0.229 e. The highest BCUT2D eigenvalue weighted by molar-refractivity contribution is 6.01. The molecule has 1 aliphatic heterocycles. The number of rotatable bonds is 8. The maximum Gasteiger partial charge on any atom is 0.229 e. The molecule has 0 radical (unpaired) electrons. The lowest BCUT2D eigenvalue weighted by molar-refractivity contribution is -0.138. The number of likely N-dealkylation sites (tertiary alicyclic amines) is 1. The van der Waals surface area contributed by atoms with E-state index in [2.05, 4.69) is 53.7 Å². The molecule has 136 valence electrons. The topological polar surface area (TPSA) is 73.8 Å². The molecule has 1 saturated heterocycles. The number of aryl methyl sites for hydroxylation is 1. The number of hydrogen-bond donors (Lipinski definition) is 2. The largest absolute Gasteiger partial charge is 0.356 e. The summed E-state index contributed by atoms with van der Waals surface area (Å²) in [4.78, 5) is 29.2. The second-order valence-electron chi connectivity index (χ2n) is 6.30. The van der Waals surface area contributed by atoms with Crippen LogP contribution in [0.15, 0.2) is 29.3 Å². The van der Waals surface area contributed by atoms with Crippen LogP contribution in [-0.2, 0) is 16.1 Å². The van der Waals surface area contributed by atoms with Crippen molar-refractivity contribution in [2.24, 2.45) is 4.99 Å². The van der Waals surface area contributed by atoms with Crippen molar-refractivity contribution >= 4 is 17.8 Å². The third-order valence-electron chi connectivity index (χ3n) is 4.15. The molecule has 6 nitrogen and oxygen atoms in total. The van der Waals surface area contributed by atoms with Gasteiger partial charge in [-0.2, -0.15) is 0 Å². The Kier molecular flexibility index (Phi) is 7.44. The molecular formula is C19H28N4O2. The van der Waals surface area contributed by atoms with Crippen LogP contribution >= 0.6 is 0 Å². The molecule has 2 rings (SSSR count). The Morgan fingerprint density at radius 2 is 1.72 bits per heavy atom. The summed E-state index contributed by atoms with van der Waals surface area (Å²) in [6.07, 6.45) is 2.84. The molecule has 0 spiro atoms. The van der Waals surface area contributed by atoms with Crippen LogP contribution in [0.1, 0.15) is 43.7 Å². The summed E-state index contributed by atoms with van der Waals surface area (Å²) in [5.41, 5.74) is 2.37. The highest BCUT2D eigenvalue weighted by atomic mass is 16.2. The van der Waals surface area contributed by atoms with E-state index in [1.165, 1.54) is 10.5 Å². The molecule has 1 aliphatic rings. The Labute approximate surface area is 149 Å². The van der Waals surface area contributed by atoms with E-state index in [1.807, 2.05) is 0 Å². The van der Waals surface area contributed by atoms with Gasteiger partial charge in [0.25, 0.3) is 0 Å². The Bertz CT molecular complexity index is 594. The molecule has 0 bridgehead atoms. The van der Waals surface area contributed by atoms with Gasteiger partial charge in [-0.1, -0.05) is 43.2 Å². The molecule has 1 fully saturated rings. The van der Waals surface area contributed by atoms with Gasteiger partial charge in [-0.15, -0.1) is 0 Å². The van der Waals surface area contributed by atoms with E-state index in [-0.39, 0.29) is 11.8 Å². The minimum absolute atomic E-state index is 0.0797. The number of amides is 2. The first kappa shape index (κ1) is 19.0. The van der Waals surface area contributed by atoms with Gasteiger partial charge in [-0.25, -0.2) is 4.99 Å². The lowest BCUT2D eigenvalue weighted by Gasteiger charge is -2.16. The Morgan fingerprint density at radius 3 is 2.36 bits per heavy atom. The van der Waals surface area contributed by atoms with Crippen molar-refractivity contribution in [1.82, 2.24) is 15.5 Å². The van der Waals surface area contributed by atoms with E-state index >= 15 is 0 Å². The molecule has 1 heterocycles. The van der Waals surface area contributed by atoms with Crippen molar-refractivity contribution in [2.45, 2.75) is 46.1 Å². The summed E-state index contributed by atoms with van der Waals surface area (Å²) < 4.78 is 0. The van der Waals surface area contributed by atoms with Crippen molar-refractivity contribution < 1.29 is 9.59 Å². The summed E-state index contributed by atoms with van der Waals surface area (Å²) in [6.45, 7) is 6.53. The number of nitrogens with one attached hydrogen (secondary N) is 2. The molecule has 0 unspecified atom stereocenters. The van der Waals surface area contributed by atoms with Gasteiger partial charge in [0.05, 0.1) is 6.54 Å². The van der Waals surface area contributed by atoms with Gasteiger partial charge in [0.2, 0.25) is 11.8 Å². The van der Waals surface area contributed by atoms with Gasteiger partial charge in [-0.3, -0.25) is 14.5 Å². The number of nitrogens with zero attached hydrogens (tertiary/aromatic N) is 2. The quantitative estimate of drug-likeness (QED) is 0.327. The molecule has 6 heteroatoms. The predicted octanol–water partition coefficient (Wildman–Crippen LogP) is 1.98. The van der Waals surface area contributed by atoms with E-state index < -0.39 is 0 Å². The minimum Gasteiger partial charge on any atom is -0.356 e. The van der Waals surface area contributed by atoms with Gasteiger partial charge in [0.1, 0.15) is 0 Å². The maximum absolute atomic E-state index is 11.6. The average Bonchev–Trinajstić information content (AvgIpc) is 2.92. The highest BCUT2D eigenvalue weighted by Gasteiger charge is 2.28. The number of carbonyl (C=O) groups excluding carboxylic acids is 2. The molecule has 2 amide bonds. The number of carbonyl (C=O) groups is 2. The zero-order valence-corrected chi connectivity index (χ0v) is 15.2. The number of benzene rings is 1. The third kappa shape index (κ3) is 6.21. The lowest BCUT2D eigenvalue weighted by Crippen LogP contribution is -2.43. The number of hydrogen-bond acceptors (Lipinski definition) is 3. The van der Waals surface area contributed by atoms with E-state index in [0.717, 1.165) is 24.9 Å². The summed E-state index contributed by atoms with van der Waals surface area (Å²) in [5, 5.41) is 6.52. The van der Waals surface area contributed by atoms with Crippen LogP contribution < -0.4 is 10.6 Å². The van der Waals surface area contributed by atoms with Crippen LogP contribution in [0.2, 0.25) is 0 Å². The molecule has 1 aromatic rings. The zero-order chi connectivity index (χ0) is 18.1. The van der Waals surface area contributed by atoms with E-state index in [1.54, 1.807) is 0 Å². The van der Waals surface area contributed by atoms with Crippen LogP contribution in [0.5, 0.6) is 0 Å². The van der Waals surface area contributed by atoms with Crippen molar-refractivity contribution in [3.63, 3.8) is 0 Å². The first-order valence-corrected chi connectivity index (χ1v) is 9.01. The van der Waals surface area contributed by atoms with Gasteiger partial charge in [0.15, 0.2) is 5.96 Å². The molecule has 1 aromatic carbocycles. The fraction of sp³-hybridized carbons (Fsp3) is 0.526. The Morgan fingerprint density at radius 1 is 1.08 bits per heavy atom. The first-order valence-electron chi connectivity index (χ1n) is 9.01. The minimum atomic E-state index is -0.0797. The Balaban J connectivity index is 1.87. The normalized spacial score (nSPS) is 15.0. The SMILES string of the molecule is CCCCNC(=NCc1ccc(C)cc1)NCCN1C(=O)CCC1=O. The molecule has 0 saturated carbocycles. The molecule has 0 atom stereocenters. The number of imide groups is 1. The number of unbranched alkanes of at least 4 members (excludes halogenated alkanes) is 1. The summed E-state index contributed by atoms with van der Waals surface area (Å²) >= 11 is 0. The third-order valence-corrected chi connectivity index (χ3v) is 4.15. The fourth-order valence-corrected chi connectivity index (χ4v) is 2.58. The van der Waals surface area contributed by atoms with E-state index in [4.69, 9.17) is 0 Å². The average molecular weight is 344 g/mol. The molecular weight excluding hydrogens is 316 g/mol. The van der Waals surface area contributed by atoms with Crippen LogP contribution in [0.3, 0.4) is 0 Å². The highest BCUT2D eigenvalue weighted by Crippen LogP contribution is 2.10. The lowest BCUT2D eigenvalue weighted by atomic mass is 10.1. The maximum atomic E-state index is 11.6. The van der Waals surface area contributed by atoms with Crippen LogP contribution in [0.4, 0.5) is 0 Å². The van der Waals surface area contributed by atoms with Gasteiger partial charge >= 0.3 is 0 Å². The Hall–Kier alpha value is -2.37. The second-order valence-corrected chi connectivity index (χ2v) is 6.30. The molecule has 0 aromatic heterocycles. The molecule has 25 heavy (non-hydrogen) atoms. The summed E-state index contributed by atoms with van der Waals surface area (Å²) in [7, 11) is 0. The zero-order valence-electron chi connectivity index (χ0n) is 15.2. The van der Waals surface area contributed by atoms with Gasteiger partial charge in [0, 0.05) is 32.5 Å². The number of aliphatic imine (C=N–C) groups is 1. The summed E-state index contributed by atoms with van der Waals surface area (Å²) in [6, 6.07) is 8.30. The first-order chi connectivity index (χ1) is 12.1. The van der Waals surface area contributed by atoms with Crippen LogP contribution in [0.25, 0.3) is 0 Å². The monoisotopic (exact) mass is 344 g/mol. The summed E-state index contributed by atoms with van der Waals surface area (Å²) in [5.74, 6) is 0.556. The van der Waals surface area contributed by atoms with Crippen molar-refractivity contribution in [1.29, 1.82) is 0 Å². The van der Waals surface area contributed by atoms with Gasteiger partial charge in [-0.05, 0) is 18.9 Å². The van der Waals surface area contributed by atoms with Gasteiger partial charge < -0.3 is 10.6 Å². The predicted molar refractivity (Wildman–Crippen MR) is 99.2 cm³/mol.